The van der Waals surface area contributed by atoms with E-state index in [4.69, 9.17) is 5.73 Å². The maximum atomic E-state index is 12.3. The number of hydrogen-bond donors (Lipinski definition) is 1. The highest BCUT2D eigenvalue weighted by atomic mass is 16.2. The number of amides is 1. The van der Waals surface area contributed by atoms with Gasteiger partial charge in [-0.15, -0.1) is 0 Å². The summed E-state index contributed by atoms with van der Waals surface area (Å²) in [4.78, 5) is 16.6. The number of carbonyl (C=O) groups excluding carboxylic acids is 1. The van der Waals surface area contributed by atoms with E-state index in [9.17, 15) is 4.79 Å². The lowest BCUT2D eigenvalue weighted by atomic mass is 9.97. The van der Waals surface area contributed by atoms with Crippen LogP contribution in [-0.4, -0.2) is 47.9 Å². The number of benzene rings is 1. The number of carbonyl (C=O) groups is 1. The molecule has 4 nitrogen and oxygen atoms in total. The van der Waals surface area contributed by atoms with E-state index in [1.54, 1.807) is 0 Å². The van der Waals surface area contributed by atoms with Crippen LogP contribution in [0.15, 0.2) is 24.3 Å². The first-order valence-electron chi connectivity index (χ1n) is 7.98. The molecule has 1 atom stereocenters. The average Bonchev–Trinajstić information content (AvgIpc) is 2.53. The summed E-state index contributed by atoms with van der Waals surface area (Å²) in [7, 11) is 0. The molecule has 1 amide bonds. The zero-order valence-corrected chi connectivity index (χ0v) is 13.2. The molecule has 2 N–H and O–H groups in total. The average molecular weight is 289 g/mol. The molecule has 0 spiro atoms. The normalized spacial score (nSPS) is 16.3. The van der Waals surface area contributed by atoms with Crippen molar-refractivity contribution >= 4 is 5.91 Å². The number of fused-ring (bicyclic) bond motifs is 1. The van der Waals surface area contributed by atoms with Crippen molar-refractivity contribution in [1.29, 1.82) is 0 Å². The van der Waals surface area contributed by atoms with Gasteiger partial charge in [0.1, 0.15) is 0 Å². The highest BCUT2D eigenvalue weighted by molar-refractivity contribution is 5.76. The molecule has 1 heterocycles. The number of nitrogens with zero attached hydrogens (tertiary/aromatic N) is 2. The third-order valence-corrected chi connectivity index (χ3v) is 4.48. The minimum atomic E-state index is 0.145. The molecule has 0 radical (unpaired) electrons. The Balaban J connectivity index is 2.01. The van der Waals surface area contributed by atoms with Gasteiger partial charge in [-0.25, -0.2) is 0 Å². The molecular formula is C17H27N3O. The number of nitrogens with two attached hydrogens (primary N) is 1. The summed E-state index contributed by atoms with van der Waals surface area (Å²) in [6, 6.07) is 8.71. The molecule has 116 valence electrons. The highest BCUT2D eigenvalue weighted by Crippen LogP contribution is 2.21. The topological polar surface area (TPSA) is 49.6 Å². The molecule has 0 aromatic heterocycles. The molecule has 4 heteroatoms. The van der Waals surface area contributed by atoms with Crippen molar-refractivity contribution in [2.24, 2.45) is 5.73 Å². The molecule has 1 aliphatic heterocycles. The van der Waals surface area contributed by atoms with Gasteiger partial charge in [-0.3, -0.25) is 9.69 Å². The van der Waals surface area contributed by atoms with Gasteiger partial charge in [0.15, 0.2) is 0 Å². The zero-order valence-electron chi connectivity index (χ0n) is 13.2. The largest absolute Gasteiger partial charge is 0.343 e. The Morgan fingerprint density at radius 1 is 1.29 bits per heavy atom. The predicted molar refractivity (Wildman–Crippen MR) is 85.9 cm³/mol. The molecule has 1 aromatic carbocycles. The lowest BCUT2D eigenvalue weighted by Crippen LogP contribution is -2.46. The molecule has 0 fully saturated rings. The van der Waals surface area contributed by atoms with Gasteiger partial charge in [0.2, 0.25) is 5.91 Å². The molecule has 1 unspecified atom stereocenters. The second kappa shape index (κ2) is 7.57. The minimum absolute atomic E-state index is 0.145. The van der Waals surface area contributed by atoms with Gasteiger partial charge in [0.25, 0.3) is 0 Å². The van der Waals surface area contributed by atoms with Crippen LogP contribution >= 0.6 is 0 Å². The standard InChI is InChI=1S/C17H27N3O/c1-3-19(4-2)17(21)11-16(12-18)20-10-9-14-7-5-6-8-15(14)13-20/h5-8,16H,3-4,9-13,18H2,1-2H3. The van der Waals surface area contributed by atoms with Crippen LogP contribution < -0.4 is 5.73 Å². The first kappa shape index (κ1) is 16.0. The smallest absolute Gasteiger partial charge is 0.224 e. The van der Waals surface area contributed by atoms with Gasteiger partial charge in [0, 0.05) is 45.2 Å². The molecule has 21 heavy (non-hydrogen) atoms. The van der Waals surface area contributed by atoms with E-state index in [0.717, 1.165) is 32.6 Å². The molecule has 1 aliphatic rings. The van der Waals surface area contributed by atoms with Gasteiger partial charge >= 0.3 is 0 Å². The van der Waals surface area contributed by atoms with Crippen LogP contribution in [0.3, 0.4) is 0 Å². The summed E-state index contributed by atoms with van der Waals surface area (Å²) in [5.74, 6) is 0.217. The van der Waals surface area contributed by atoms with Crippen LogP contribution in [0.2, 0.25) is 0 Å². The molecular weight excluding hydrogens is 262 g/mol. The van der Waals surface area contributed by atoms with Crippen molar-refractivity contribution in [3.63, 3.8) is 0 Å². The third kappa shape index (κ3) is 3.83. The zero-order chi connectivity index (χ0) is 15.2. The maximum Gasteiger partial charge on any atom is 0.224 e. The lowest BCUT2D eigenvalue weighted by molar-refractivity contribution is -0.132. The van der Waals surface area contributed by atoms with E-state index in [2.05, 4.69) is 29.2 Å². The Bertz CT molecular complexity index is 471. The monoisotopic (exact) mass is 289 g/mol. The summed E-state index contributed by atoms with van der Waals surface area (Å²) >= 11 is 0. The van der Waals surface area contributed by atoms with Crippen molar-refractivity contribution in [2.75, 3.05) is 26.2 Å². The molecule has 0 saturated heterocycles. The maximum absolute atomic E-state index is 12.3. The summed E-state index contributed by atoms with van der Waals surface area (Å²) in [5.41, 5.74) is 8.75. The van der Waals surface area contributed by atoms with Crippen LogP contribution in [0.5, 0.6) is 0 Å². The first-order valence-corrected chi connectivity index (χ1v) is 7.98. The minimum Gasteiger partial charge on any atom is -0.343 e. The molecule has 1 aromatic rings. The van der Waals surface area contributed by atoms with E-state index in [0.29, 0.717) is 13.0 Å². The Kier molecular flexibility index (Phi) is 5.76. The molecule has 0 bridgehead atoms. The van der Waals surface area contributed by atoms with Crippen molar-refractivity contribution in [2.45, 2.75) is 39.3 Å². The fraction of sp³-hybridized carbons (Fsp3) is 0.588. The third-order valence-electron chi connectivity index (χ3n) is 4.48. The van der Waals surface area contributed by atoms with E-state index in [1.807, 2.05) is 18.7 Å². The fourth-order valence-electron chi connectivity index (χ4n) is 3.10. The number of hydrogen-bond acceptors (Lipinski definition) is 3. The van der Waals surface area contributed by atoms with Crippen molar-refractivity contribution in [1.82, 2.24) is 9.80 Å². The number of rotatable bonds is 6. The van der Waals surface area contributed by atoms with Crippen LogP contribution in [0.1, 0.15) is 31.4 Å². The van der Waals surface area contributed by atoms with Gasteiger partial charge in [0.05, 0.1) is 0 Å². The van der Waals surface area contributed by atoms with E-state index < -0.39 is 0 Å². The Morgan fingerprint density at radius 3 is 2.57 bits per heavy atom. The molecule has 0 saturated carbocycles. The van der Waals surface area contributed by atoms with Crippen LogP contribution in [0, 0.1) is 0 Å². The van der Waals surface area contributed by atoms with Crippen LogP contribution in [0.25, 0.3) is 0 Å². The fourth-order valence-corrected chi connectivity index (χ4v) is 3.10. The van der Waals surface area contributed by atoms with Gasteiger partial charge < -0.3 is 10.6 Å². The second-order valence-corrected chi connectivity index (χ2v) is 5.65. The Hall–Kier alpha value is -1.39. The summed E-state index contributed by atoms with van der Waals surface area (Å²) < 4.78 is 0. The van der Waals surface area contributed by atoms with Gasteiger partial charge in [-0.2, -0.15) is 0 Å². The van der Waals surface area contributed by atoms with E-state index in [-0.39, 0.29) is 11.9 Å². The Morgan fingerprint density at radius 2 is 1.95 bits per heavy atom. The second-order valence-electron chi connectivity index (χ2n) is 5.65. The first-order chi connectivity index (χ1) is 10.2. The van der Waals surface area contributed by atoms with Crippen LogP contribution in [0.4, 0.5) is 0 Å². The van der Waals surface area contributed by atoms with Gasteiger partial charge in [-0.05, 0) is 31.4 Å². The van der Waals surface area contributed by atoms with Crippen LogP contribution in [-0.2, 0) is 17.8 Å². The quantitative estimate of drug-likeness (QED) is 0.866. The lowest BCUT2D eigenvalue weighted by Gasteiger charge is -2.35. The summed E-state index contributed by atoms with van der Waals surface area (Å²) in [5, 5.41) is 0. The molecule has 0 aliphatic carbocycles. The van der Waals surface area contributed by atoms with Crippen molar-refractivity contribution < 1.29 is 4.79 Å². The SMILES string of the molecule is CCN(CC)C(=O)CC(CN)N1CCc2ccccc2C1. The van der Waals surface area contributed by atoms with Crippen molar-refractivity contribution in [3.8, 4) is 0 Å². The summed E-state index contributed by atoms with van der Waals surface area (Å²) in [6.07, 6.45) is 1.58. The van der Waals surface area contributed by atoms with Gasteiger partial charge in [-0.1, -0.05) is 24.3 Å². The molecule has 2 rings (SSSR count). The Labute approximate surface area is 127 Å². The predicted octanol–water partition coefficient (Wildman–Crippen LogP) is 1.63. The van der Waals surface area contributed by atoms with Crippen molar-refractivity contribution in [3.05, 3.63) is 35.4 Å². The highest BCUT2D eigenvalue weighted by Gasteiger charge is 2.25. The van der Waals surface area contributed by atoms with E-state index >= 15 is 0 Å². The van der Waals surface area contributed by atoms with E-state index in [1.165, 1.54) is 11.1 Å². The summed E-state index contributed by atoms with van der Waals surface area (Å²) in [6.45, 7) is 8.03.